The Kier molecular flexibility index (Phi) is 4.46. The molecule has 2 N–H and O–H groups in total. The SMILES string of the molecule is O=[N+]([O-])c1ccc(O)cc1[C@H](C(F)F)N1CCNCC1. The van der Waals surface area contributed by atoms with Gasteiger partial charge in [-0.1, -0.05) is 0 Å². The summed E-state index contributed by atoms with van der Waals surface area (Å²) >= 11 is 0. The van der Waals surface area contributed by atoms with E-state index in [2.05, 4.69) is 5.32 Å². The van der Waals surface area contributed by atoms with Gasteiger partial charge < -0.3 is 10.4 Å². The molecule has 8 heteroatoms. The van der Waals surface area contributed by atoms with Crippen LogP contribution in [-0.4, -0.2) is 47.5 Å². The molecule has 1 saturated heterocycles. The number of hydrogen-bond acceptors (Lipinski definition) is 5. The van der Waals surface area contributed by atoms with Crippen LogP contribution in [0.3, 0.4) is 0 Å². The maximum atomic E-state index is 13.4. The number of aromatic hydroxyl groups is 1. The average molecular weight is 287 g/mol. The van der Waals surface area contributed by atoms with Crippen LogP contribution < -0.4 is 5.32 Å². The van der Waals surface area contributed by atoms with Crippen LogP contribution in [0.5, 0.6) is 5.75 Å². The number of hydrogen-bond donors (Lipinski definition) is 2. The van der Waals surface area contributed by atoms with Gasteiger partial charge >= 0.3 is 0 Å². The second-order valence-electron chi connectivity index (χ2n) is 4.57. The van der Waals surface area contributed by atoms with Gasteiger partial charge in [0, 0.05) is 32.2 Å². The number of rotatable bonds is 4. The molecular weight excluding hydrogens is 272 g/mol. The first-order chi connectivity index (χ1) is 9.50. The molecule has 1 heterocycles. The summed E-state index contributed by atoms with van der Waals surface area (Å²) in [6, 6.07) is 1.85. The molecule has 6 nitrogen and oxygen atoms in total. The van der Waals surface area contributed by atoms with Crippen LogP contribution in [0.15, 0.2) is 18.2 Å². The van der Waals surface area contributed by atoms with Crippen molar-refractivity contribution in [2.45, 2.75) is 12.5 Å². The molecule has 1 aromatic carbocycles. The lowest BCUT2D eigenvalue weighted by Gasteiger charge is -2.34. The number of halogens is 2. The van der Waals surface area contributed by atoms with E-state index in [0.29, 0.717) is 26.2 Å². The second kappa shape index (κ2) is 6.10. The number of nitro groups is 1. The largest absolute Gasteiger partial charge is 0.508 e. The van der Waals surface area contributed by atoms with Crippen LogP contribution >= 0.6 is 0 Å². The number of nitrogens with zero attached hydrogens (tertiary/aromatic N) is 2. The van der Waals surface area contributed by atoms with Crippen LogP contribution in [0.2, 0.25) is 0 Å². The van der Waals surface area contributed by atoms with E-state index < -0.39 is 23.1 Å². The molecule has 0 spiro atoms. The van der Waals surface area contributed by atoms with Crippen molar-refractivity contribution in [2.24, 2.45) is 0 Å². The molecule has 1 fully saturated rings. The van der Waals surface area contributed by atoms with Gasteiger partial charge in [-0.3, -0.25) is 15.0 Å². The van der Waals surface area contributed by atoms with Crippen LogP contribution in [0.1, 0.15) is 11.6 Å². The molecule has 1 aromatic rings. The summed E-state index contributed by atoms with van der Waals surface area (Å²) in [6.45, 7) is 1.86. The van der Waals surface area contributed by atoms with Gasteiger partial charge in [0.15, 0.2) is 0 Å². The first kappa shape index (κ1) is 14.6. The van der Waals surface area contributed by atoms with Crippen LogP contribution in [0.25, 0.3) is 0 Å². The zero-order valence-electron chi connectivity index (χ0n) is 10.6. The third-order valence-electron chi connectivity index (χ3n) is 3.31. The van der Waals surface area contributed by atoms with E-state index in [4.69, 9.17) is 0 Å². The molecule has 0 saturated carbocycles. The molecule has 20 heavy (non-hydrogen) atoms. The summed E-state index contributed by atoms with van der Waals surface area (Å²) in [5.74, 6) is -0.258. The highest BCUT2D eigenvalue weighted by Crippen LogP contribution is 2.36. The summed E-state index contributed by atoms with van der Waals surface area (Å²) in [7, 11) is 0. The number of nitro benzene ring substituents is 1. The third kappa shape index (κ3) is 3.02. The van der Waals surface area contributed by atoms with Crippen molar-refractivity contribution in [2.75, 3.05) is 26.2 Å². The summed E-state index contributed by atoms with van der Waals surface area (Å²) in [4.78, 5) is 11.8. The van der Waals surface area contributed by atoms with Crippen molar-refractivity contribution in [3.63, 3.8) is 0 Å². The molecule has 0 aromatic heterocycles. The zero-order chi connectivity index (χ0) is 14.7. The fourth-order valence-electron chi connectivity index (χ4n) is 2.40. The second-order valence-corrected chi connectivity index (χ2v) is 4.57. The molecule has 0 amide bonds. The molecule has 0 unspecified atom stereocenters. The monoisotopic (exact) mass is 287 g/mol. The molecule has 110 valence electrons. The lowest BCUT2D eigenvalue weighted by molar-refractivity contribution is -0.386. The van der Waals surface area contributed by atoms with E-state index in [-0.39, 0.29) is 11.3 Å². The predicted octanol–water partition coefficient (Wildman–Crippen LogP) is 1.51. The standard InChI is InChI=1S/C12H15F2N3O3/c13-12(14)11(16-5-3-15-4-6-16)9-7-8(18)1-2-10(9)17(19)20/h1-2,7,11-12,15,18H,3-6H2/t11-/m1/s1. The molecule has 0 bridgehead atoms. The molecule has 1 aliphatic heterocycles. The van der Waals surface area contributed by atoms with E-state index in [1.807, 2.05) is 0 Å². The molecule has 1 aliphatic rings. The summed E-state index contributed by atoms with van der Waals surface area (Å²) in [5.41, 5.74) is -0.543. The smallest absolute Gasteiger partial charge is 0.274 e. The average Bonchev–Trinajstić information content (AvgIpc) is 2.39. The fourth-order valence-corrected chi connectivity index (χ4v) is 2.40. The maximum absolute atomic E-state index is 13.4. The van der Waals surface area contributed by atoms with Gasteiger partial charge in [0.05, 0.1) is 10.5 Å². The van der Waals surface area contributed by atoms with Gasteiger partial charge in [-0.05, 0) is 12.1 Å². The highest BCUT2D eigenvalue weighted by atomic mass is 19.3. The first-order valence-electron chi connectivity index (χ1n) is 6.21. The van der Waals surface area contributed by atoms with E-state index in [1.54, 1.807) is 0 Å². The van der Waals surface area contributed by atoms with Gasteiger partial charge in [0.25, 0.3) is 12.1 Å². The quantitative estimate of drug-likeness (QED) is 0.648. The molecule has 0 aliphatic carbocycles. The number of phenolic OH excluding ortho intramolecular Hbond substituents is 1. The Morgan fingerprint density at radius 2 is 2.00 bits per heavy atom. The van der Waals surface area contributed by atoms with Gasteiger partial charge in [-0.2, -0.15) is 0 Å². The molecule has 0 radical (unpaired) electrons. The Bertz CT molecular complexity index is 493. The van der Waals surface area contributed by atoms with Crippen LogP contribution in [-0.2, 0) is 0 Å². The first-order valence-corrected chi connectivity index (χ1v) is 6.21. The van der Waals surface area contributed by atoms with E-state index in [1.165, 1.54) is 4.90 Å². The summed E-state index contributed by atoms with van der Waals surface area (Å²) < 4.78 is 26.8. The minimum atomic E-state index is -2.77. The molecular formula is C12H15F2N3O3. The normalized spacial score (nSPS) is 18.1. The van der Waals surface area contributed by atoms with Crippen molar-refractivity contribution < 1.29 is 18.8 Å². The zero-order valence-corrected chi connectivity index (χ0v) is 10.6. The number of nitrogens with one attached hydrogen (secondary N) is 1. The van der Waals surface area contributed by atoms with Gasteiger partial charge in [0.2, 0.25) is 0 Å². The minimum absolute atomic E-state index is 0.146. The van der Waals surface area contributed by atoms with Crippen molar-refractivity contribution in [3.8, 4) is 5.75 Å². The van der Waals surface area contributed by atoms with Crippen molar-refractivity contribution in [1.29, 1.82) is 0 Å². The highest BCUT2D eigenvalue weighted by Gasteiger charge is 2.35. The van der Waals surface area contributed by atoms with Crippen LogP contribution in [0.4, 0.5) is 14.5 Å². The third-order valence-corrected chi connectivity index (χ3v) is 3.31. The van der Waals surface area contributed by atoms with E-state index in [9.17, 15) is 24.0 Å². The molecule has 2 rings (SSSR count). The Morgan fingerprint density at radius 3 is 2.55 bits per heavy atom. The Balaban J connectivity index is 2.42. The summed E-state index contributed by atoms with van der Waals surface area (Å²) in [5, 5.41) is 23.5. The Hall–Kier alpha value is -1.80. The Labute approximate surface area is 114 Å². The lowest BCUT2D eigenvalue weighted by Crippen LogP contribution is -2.47. The Morgan fingerprint density at radius 1 is 1.35 bits per heavy atom. The highest BCUT2D eigenvalue weighted by molar-refractivity contribution is 5.47. The van der Waals surface area contributed by atoms with Gasteiger partial charge in [-0.15, -0.1) is 0 Å². The topological polar surface area (TPSA) is 78.6 Å². The van der Waals surface area contributed by atoms with Crippen molar-refractivity contribution in [1.82, 2.24) is 10.2 Å². The predicted molar refractivity (Wildman–Crippen MR) is 67.9 cm³/mol. The minimum Gasteiger partial charge on any atom is -0.508 e. The van der Waals surface area contributed by atoms with Crippen molar-refractivity contribution >= 4 is 5.69 Å². The lowest BCUT2D eigenvalue weighted by atomic mass is 10.0. The van der Waals surface area contributed by atoms with Gasteiger partial charge in [0.1, 0.15) is 11.8 Å². The van der Waals surface area contributed by atoms with E-state index >= 15 is 0 Å². The number of piperazine rings is 1. The molecule has 1 atom stereocenters. The maximum Gasteiger partial charge on any atom is 0.274 e. The fraction of sp³-hybridized carbons (Fsp3) is 0.500. The number of phenols is 1. The number of alkyl halides is 2. The van der Waals surface area contributed by atoms with Gasteiger partial charge in [-0.25, -0.2) is 8.78 Å². The van der Waals surface area contributed by atoms with Crippen molar-refractivity contribution in [3.05, 3.63) is 33.9 Å². The van der Waals surface area contributed by atoms with E-state index in [0.717, 1.165) is 18.2 Å². The number of benzene rings is 1. The summed E-state index contributed by atoms with van der Waals surface area (Å²) in [6.07, 6.45) is -2.77. The van der Waals surface area contributed by atoms with Crippen LogP contribution in [0, 0.1) is 10.1 Å².